The highest BCUT2D eigenvalue weighted by atomic mass is 16.2. The Balaban J connectivity index is 1.57. The summed E-state index contributed by atoms with van der Waals surface area (Å²) in [6, 6.07) is 8.50. The number of carbonyl (C=O) groups is 1. The van der Waals surface area contributed by atoms with Crippen molar-refractivity contribution in [3.63, 3.8) is 0 Å². The third kappa shape index (κ3) is 2.37. The Morgan fingerprint density at radius 2 is 2.22 bits per heavy atom. The molecule has 1 saturated carbocycles. The summed E-state index contributed by atoms with van der Waals surface area (Å²) in [5.41, 5.74) is 4.55. The van der Waals surface area contributed by atoms with Crippen molar-refractivity contribution in [2.24, 2.45) is 7.05 Å². The summed E-state index contributed by atoms with van der Waals surface area (Å²) in [5.74, 6) is 0.185. The second kappa shape index (κ2) is 5.22. The Labute approximate surface area is 136 Å². The molecule has 1 N–H and O–H groups in total. The van der Waals surface area contributed by atoms with Crippen molar-refractivity contribution in [3.8, 4) is 0 Å². The molecule has 0 unspecified atom stereocenters. The lowest BCUT2D eigenvalue weighted by molar-refractivity contribution is -0.124. The van der Waals surface area contributed by atoms with Crippen LogP contribution >= 0.6 is 0 Å². The molecule has 23 heavy (non-hydrogen) atoms. The number of rotatable bonds is 3. The number of nitrogens with one attached hydrogen (secondary N) is 1. The van der Waals surface area contributed by atoms with Gasteiger partial charge in [0.2, 0.25) is 5.91 Å². The van der Waals surface area contributed by atoms with Crippen LogP contribution in [0.25, 0.3) is 0 Å². The van der Waals surface area contributed by atoms with Gasteiger partial charge < -0.3 is 5.32 Å². The molecule has 1 amide bonds. The van der Waals surface area contributed by atoms with E-state index in [1.54, 1.807) is 0 Å². The number of aromatic nitrogens is 2. The molecule has 0 aliphatic heterocycles. The van der Waals surface area contributed by atoms with Crippen LogP contribution in [-0.4, -0.2) is 15.7 Å². The first-order valence-corrected chi connectivity index (χ1v) is 8.49. The Kier molecular flexibility index (Phi) is 3.29. The SMILES string of the molecule is Cc1cccc(C2(C(=O)N[C@H]3CCCc4c3cnn4C)CC2)c1. The van der Waals surface area contributed by atoms with Gasteiger partial charge in [-0.2, -0.15) is 5.10 Å². The van der Waals surface area contributed by atoms with Gasteiger partial charge in [0.25, 0.3) is 0 Å². The summed E-state index contributed by atoms with van der Waals surface area (Å²) in [4.78, 5) is 13.0. The average Bonchev–Trinajstić information content (AvgIpc) is 3.27. The molecule has 1 heterocycles. The van der Waals surface area contributed by atoms with Crippen molar-refractivity contribution in [2.75, 3.05) is 0 Å². The lowest BCUT2D eigenvalue weighted by Gasteiger charge is -2.26. The monoisotopic (exact) mass is 309 g/mol. The first-order valence-electron chi connectivity index (χ1n) is 8.49. The van der Waals surface area contributed by atoms with E-state index in [2.05, 4.69) is 41.6 Å². The predicted octanol–water partition coefficient (Wildman–Crippen LogP) is 2.95. The molecule has 0 spiro atoms. The molecule has 4 nitrogen and oxygen atoms in total. The Morgan fingerprint density at radius 3 is 2.96 bits per heavy atom. The van der Waals surface area contributed by atoms with E-state index in [9.17, 15) is 4.79 Å². The molecule has 0 saturated heterocycles. The molecule has 1 aromatic carbocycles. The van der Waals surface area contributed by atoms with Gasteiger partial charge in [-0.05, 0) is 44.6 Å². The number of fused-ring (bicyclic) bond motifs is 1. The quantitative estimate of drug-likeness (QED) is 0.947. The molecule has 0 radical (unpaired) electrons. The summed E-state index contributed by atoms with van der Waals surface area (Å²) in [5, 5.41) is 7.69. The van der Waals surface area contributed by atoms with Crippen LogP contribution in [0.1, 0.15) is 54.1 Å². The molecule has 4 heteroatoms. The third-order valence-electron chi connectivity index (χ3n) is 5.44. The number of hydrogen-bond donors (Lipinski definition) is 1. The average molecular weight is 309 g/mol. The van der Waals surface area contributed by atoms with Crippen molar-refractivity contribution in [2.45, 2.75) is 50.5 Å². The minimum atomic E-state index is -0.300. The van der Waals surface area contributed by atoms with Crippen molar-refractivity contribution >= 4 is 5.91 Å². The molecule has 0 bridgehead atoms. The van der Waals surface area contributed by atoms with Gasteiger partial charge in [-0.25, -0.2) is 0 Å². The molecule has 4 rings (SSSR count). The highest BCUT2D eigenvalue weighted by molar-refractivity contribution is 5.91. The smallest absolute Gasteiger partial charge is 0.231 e. The van der Waals surface area contributed by atoms with Crippen molar-refractivity contribution < 1.29 is 4.79 Å². The van der Waals surface area contributed by atoms with E-state index in [1.165, 1.54) is 16.8 Å². The summed E-state index contributed by atoms with van der Waals surface area (Å²) in [6.07, 6.45) is 7.00. The molecule has 2 aliphatic carbocycles. The number of aryl methyl sites for hydroxylation is 2. The molecular formula is C19H23N3O. The van der Waals surface area contributed by atoms with E-state index in [1.807, 2.05) is 17.9 Å². The van der Waals surface area contributed by atoms with Gasteiger partial charge in [0.1, 0.15) is 0 Å². The maximum Gasteiger partial charge on any atom is 0.231 e. The Bertz CT molecular complexity index is 758. The molecule has 2 aliphatic rings. The Morgan fingerprint density at radius 1 is 1.39 bits per heavy atom. The standard InChI is InChI=1S/C19H23N3O/c1-13-5-3-6-14(11-13)19(9-10-19)18(23)21-16-7-4-8-17-15(16)12-20-22(17)2/h3,5-6,11-12,16H,4,7-10H2,1-2H3,(H,21,23)/t16-/m0/s1. The summed E-state index contributed by atoms with van der Waals surface area (Å²) in [7, 11) is 1.98. The van der Waals surface area contributed by atoms with Crippen LogP contribution in [0.15, 0.2) is 30.5 Å². The van der Waals surface area contributed by atoms with E-state index in [0.717, 1.165) is 37.7 Å². The van der Waals surface area contributed by atoms with Crippen LogP contribution < -0.4 is 5.32 Å². The van der Waals surface area contributed by atoms with Crippen LogP contribution in [0.4, 0.5) is 0 Å². The normalized spacial score (nSPS) is 21.6. The van der Waals surface area contributed by atoms with Gasteiger partial charge in [0.15, 0.2) is 0 Å². The van der Waals surface area contributed by atoms with Crippen LogP contribution in [-0.2, 0) is 23.7 Å². The largest absolute Gasteiger partial charge is 0.348 e. The van der Waals surface area contributed by atoms with Crippen LogP contribution in [0.2, 0.25) is 0 Å². The van der Waals surface area contributed by atoms with E-state index < -0.39 is 0 Å². The van der Waals surface area contributed by atoms with E-state index in [4.69, 9.17) is 0 Å². The Hall–Kier alpha value is -2.10. The summed E-state index contributed by atoms with van der Waals surface area (Å²) in [6.45, 7) is 2.08. The lowest BCUT2D eigenvalue weighted by atomic mass is 9.90. The number of nitrogens with zero attached hydrogens (tertiary/aromatic N) is 2. The van der Waals surface area contributed by atoms with Crippen LogP contribution in [0, 0.1) is 6.92 Å². The van der Waals surface area contributed by atoms with Gasteiger partial charge >= 0.3 is 0 Å². The highest BCUT2D eigenvalue weighted by Crippen LogP contribution is 2.49. The van der Waals surface area contributed by atoms with Gasteiger partial charge in [-0.15, -0.1) is 0 Å². The predicted molar refractivity (Wildman–Crippen MR) is 89.1 cm³/mol. The molecule has 1 fully saturated rings. The van der Waals surface area contributed by atoms with Gasteiger partial charge in [-0.1, -0.05) is 29.8 Å². The maximum absolute atomic E-state index is 13.0. The highest BCUT2D eigenvalue weighted by Gasteiger charge is 2.51. The zero-order valence-corrected chi connectivity index (χ0v) is 13.8. The molecule has 120 valence electrons. The fourth-order valence-electron chi connectivity index (χ4n) is 3.87. The van der Waals surface area contributed by atoms with Gasteiger partial charge in [-0.3, -0.25) is 9.48 Å². The van der Waals surface area contributed by atoms with Crippen molar-refractivity contribution in [1.82, 2.24) is 15.1 Å². The number of amides is 1. The maximum atomic E-state index is 13.0. The zero-order chi connectivity index (χ0) is 16.0. The second-order valence-electron chi connectivity index (χ2n) is 7.04. The first kappa shape index (κ1) is 14.5. The molecule has 1 aromatic heterocycles. The minimum Gasteiger partial charge on any atom is -0.348 e. The lowest BCUT2D eigenvalue weighted by Crippen LogP contribution is -2.38. The number of carbonyl (C=O) groups excluding carboxylic acids is 1. The van der Waals surface area contributed by atoms with Gasteiger partial charge in [0.05, 0.1) is 17.7 Å². The first-order chi connectivity index (χ1) is 11.1. The van der Waals surface area contributed by atoms with E-state index in [-0.39, 0.29) is 17.4 Å². The van der Waals surface area contributed by atoms with E-state index in [0.29, 0.717) is 0 Å². The topological polar surface area (TPSA) is 46.9 Å². The van der Waals surface area contributed by atoms with Crippen molar-refractivity contribution in [1.29, 1.82) is 0 Å². The number of hydrogen-bond acceptors (Lipinski definition) is 2. The van der Waals surface area contributed by atoms with Gasteiger partial charge in [0, 0.05) is 18.3 Å². The fourth-order valence-corrected chi connectivity index (χ4v) is 3.87. The molecule has 2 aromatic rings. The summed E-state index contributed by atoms with van der Waals surface area (Å²) < 4.78 is 1.95. The van der Waals surface area contributed by atoms with E-state index >= 15 is 0 Å². The molecular weight excluding hydrogens is 286 g/mol. The summed E-state index contributed by atoms with van der Waals surface area (Å²) >= 11 is 0. The van der Waals surface area contributed by atoms with Crippen LogP contribution in [0.3, 0.4) is 0 Å². The third-order valence-corrected chi connectivity index (χ3v) is 5.44. The minimum absolute atomic E-state index is 0.113. The van der Waals surface area contributed by atoms with Crippen molar-refractivity contribution in [3.05, 3.63) is 52.8 Å². The number of benzene rings is 1. The molecule has 1 atom stereocenters. The zero-order valence-electron chi connectivity index (χ0n) is 13.8. The van der Waals surface area contributed by atoms with Crippen LogP contribution in [0.5, 0.6) is 0 Å². The fraction of sp³-hybridized carbons (Fsp3) is 0.474. The second-order valence-corrected chi connectivity index (χ2v) is 7.04.